The van der Waals surface area contributed by atoms with Gasteiger partial charge in [-0.1, -0.05) is 24.1 Å². The largest absolute Gasteiger partial charge is 0.395 e. The maximum Gasteiger partial charge on any atom is 0.225 e. The first-order chi connectivity index (χ1) is 9.69. The van der Waals surface area contributed by atoms with E-state index in [-0.39, 0.29) is 12.5 Å². The fourth-order valence-corrected chi connectivity index (χ4v) is 2.58. The molecule has 0 spiro atoms. The van der Waals surface area contributed by atoms with Crippen LogP contribution in [0.15, 0.2) is 24.3 Å². The van der Waals surface area contributed by atoms with Gasteiger partial charge in [0.05, 0.1) is 6.61 Å². The molecule has 4 nitrogen and oxygen atoms in total. The number of carbonyl (C=O) groups excluding carboxylic acids is 1. The highest BCUT2D eigenvalue weighted by molar-refractivity contribution is 6.30. The quantitative estimate of drug-likeness (QED) is 0.813. The Hall–Kier alpha value is -1.10. The summed E-state index contributed by atoms with van der Waals surface area (Å²) in [7, 11) is 0. The maximum absolute atomic E-state index is 11.9. The van der Waals surface area contributed by atoms with E-state index in [0.717, 1.165) is 5.69 Å². The van der Waals surface area contributed by atoms with Crippen LogP contribution >= 0.6 is 11.6 Å². The fraction of sp³-hybridized carbons (Fsp3) is 0.533. The molecule has 20 heavy (non-hydrogen) atoms. The van der Waals surface area contributed by atoms with E-state index in [2.05, 4.69) is 10.2 Å². The molecule has 1 amide bonds. The Morgan fingerprint density at radius 1 is 1.40 bits per heavy atom. The number of nitrogens with one attached hydrogen (secondary N) is 1. The molecule has 0 atom stereocenters. The summed E-state index contributed by atoms with van der Waals surface area (Å²) in [5.41, 5.74) is 0.722. The third kappa shape index (κ3) is 4.47. The molecule has 0 unspecified atom stereocenters. The van der Waals surface area contributed by atoms with Gasteiger partial charge in [0.25, 0.3) is 0 Å². The highest BCUT2D eigenvalue weighted by atomic mass is 35.5. The number of hydrogen-bond acceptors (Lipinski definition) is 3. The van der Waals surface area contributed by atoms with Crippen LogP contribution in [0, 0.1) is 0 Å². The van der Waals surface area contributed by atoms with Crippen molar-refractivity contribution in [2.75, 3.05) is 25.0 Å². The van der Waals surface area contributed by atoms with Gasteiger partial charge in [0.1, 0.15) is 0 Å². The zero-order valence-corrected chi connectivity index (χ0v) is 12.3. The van der Waals surface area contributed by atoms with Crippen molar-refractivity contribution in [1.82, 2.24) is 4.90 Å². The van der Waals surface area contributed by atoms with E-state index in [1.54, 1.807) is 12.1 Å². The molecule has 0 heterocycles. The number of aliphatic hydroxyl groups excluding tert-OH is 1. The predicted octanol–water partition coefficient (Wildman–Crippen LogP) is 2.52. The molecule has 1 aromatic rings. The Kier molecular flexibility index (Phi) is 5.83. The van der Waals surface area contributed by atoms with Crippen LogP contribution in [-0.4, -0.2) is 41.7 Å². The molecule has 1 aliphatic rings. The first kappa shape index (κ1) is 15.3. The average molecular weight is 297 g/mol. The fourth-order valence-electron chi connectivity index (χ4n) is 2.39. The number of nitrogens with zero attached hydrogens (tertiary/aromatic N) is 1. The first-order valence-corrected chi connectivity index (χ1v) is 7.47. The van der Waals surface area contributed by atoms with Crippen LogP contribution in [0.5, 0.6) is 0 Å². The lowest BCUT2D eigenvalue weighted by atomic mass is 9.91. The Labute approximate surface area is 124 Å². The normalized spacial score (nSPS) is 15.2. The van der Waals surface area contributed by atoms with Crippen molar-refractivity contribution in [3.05, 3.63) is 29.3 Å². The van der Waals surface area contributed by atoms with Crippen LogP contribution in [-0.2, 0) is 4.79 Å². The topological polar surface area (TPSA) is 52.6 Å². The lowest BCUT2D eigenvalue weighted by Crippen LogP contribution is -2.43. The number of amides is 1. The van der Waals surface area contributed by atoms with Gasteiger partial charge in [0.2, 0.25) is 5.91 Å². The van der Waals surface area contributed by atoms with Gasteiger partial charge < -0.3 is 10.4 Å². The van der Waals surface area contributed by atoms with E-state index in [1.807, 2.05) is 12.1 Å². The second-order valence-corrected chi connectivity index (χ2v) is 5.59. The van der Waals surface area contributed by atoms with Crippen molar-refractivity contribution in [1.29, 1.82) is 0 Å². The van der Waals surface area contributed by atoms with Gasteiger partial charge in [-0.2, -0.15) is 0 Å². The van der Waals surface area contributed by atoms with E-state index in [1.165, 1.54) is 19.3 Å². The molecule has 2 N–H and O–H groups in total. The second kappa shape index (κ2) is 7.62. The molecule has 5 heteroatoms. The lowest BCUT2D eigenvalue weighted by Gasteiger charge is -2.37. The van der Waals surface area contributed by atoms with Gasteiger partial charge in [0, 0.05) is 36.3 Å². The van der Waals surface area contributed by atoms with Gasteiger partial charge in [-0.15, -0.1) is 0 Å². The summed E-state index contributed by atoms with van der Waals surface area (Å²) in [5.74, 6) is -0.0190. The third-order valence-corrected chi connectivity index (χ3v) is 3.95. The molecule has 0 aromatic heterocycles. The number of aliphatic hydroxyl groups is 1. The van der Waals surface area contributed by atoms with Crippen molar-refractivity contribution >= 4 is 23.2 Å². The monoisotopic (exact) mass is 296 g/mol. The number of carbonyl (C=O) groups is 1. The van der Waals surface area contributed by atoms with Gasteiger partial charge in [-0.25, -0.2) is 0 Å². The molecule has 1 saturated carbocycles. The Balaban J connectivity index is 1.78. The summed E-state index contributed by atoms with van der Waals surface area (Å²) >= 11 is 5.88. The lowest BCUT2D eigenvalue weighted by molar-refractivity contribution is -0.116. The second-order valence-electron chi connectivity index (χ2n) is 5.15. The molecule has 0 saturated heterocycles. The molecular weight excluding hydrogens is 276 g/mol. The summed E-state index contributed by atoms with van der Waals surface area (Å²) < 4.78 is 0. The molecular formula is C15H21ClN2O2. The zero-order chi connectivity index (χ0) is 14.4. The highest BCUT2D eigenvalue weighted by Gasteiger charge is 2.24. The number of rotatable bonds is 7. The van der Waals surface area contributed by atoms with Gasteiger partial charge in [0.15, 0.2) is 0 Å². The third-order valence-electron chi connectivity index (χ3n) is 3.71. The minimum absolute atomic E-state index is 0.0190. The minimum Gasteiger partial charge on any atom is -0.395 e. The van der Waals surface area contributed by atoms with Crippen LogP contribution in [0.25, 0.3) is 0 Å². The summed E-state index contributed by atoms with van der Waals surface area (Å²) in [6.45, 7) is 1.49. The van der Waals surface area contributed by atoms with E-state index in [9.17, 15) is 4.79 Å². The summed E-state index contributed by atoms with van der Waals surface area (Å²) in [4.78, 5) is 14.1. The van der Waals surface area contributed by atoms with Gasteiger partial charge in [-0.05, 0) is 31.0 Å². The van der Waals surface area contributed by atoms with Crippen molar-refractivity contribution < 1.29 is 9.90 Å². The smallest absolute Gasteiger partial charge is 0.225 e. The molecule has 1 aromatic carbocycles. The predicted molar refractivity (Wildman–Crippen MR) is 81.0 cm³/mol. The number of hydrogen-bond donors (Lipinski definition) is 2. The van der Waals surface area contributed by atoms with Crippen LogP contribution in [0.2, 0.25) is 5.02 Å². The standard InChI is InChI=1S/C15H21ClN2O2/c16-12-3-1-4-13(11-12)17-15(20)7-8-18(9-10-19)14-5-2-6-14/h1,3-4,11,14,19H,2,5-10H2,(H,17,20). The zero-order valence-electron chi connectivity index (χ0n) is 11.5. The first-order valence-electron chi connectivity index (χ1n) is 7.09. The van der Waals surface area contributed by atoms with E-state index >= 15 is 0 Å². The number of anilines is 1. The van der Waals surface area contributed by atoms with Crippen LogP contribution in [0.4, 0.5) is 5.69 Å². The number of halogens is 1. The van der Waals surface area contributed by atoms with Crippen LogP contribution in [0.1, 0.15) is 25.7 Å². The summed E-state index contributed by atoms with van der Waals surface area (Å²) in [5, 5.41) is 12.5. The van der Waals surface area contributed by atoms with Crippen molar-refractivity contribution in [3.63, 3.8) is 0 Å². The average Bonchev–Trinajstić information content (AvgIpc) is 2.34. The van der Waals surface area contributed by atoms with Crippen molar-refractivity contribution in [2.24, 2.45) is 0 Å². The SMILES string of the molecule is O=C(CCN(CCO)C1CCC1)Nc1cccc(Cl)c1. The highest BCUT2D eigenvalue weighted by Crippen LogP contribution is 2.24. The molecule has 2 rings (SSSR count). The molecule has 1 aliphatic carbocycles. The maximum atomic E-state index is 11.9. The molecule has 0 radical (unpaired) electrons. The number of benzene rings is 1. The molecule has 0 bridgehead atoms. The summed E-state index contributed by atoms with van der Waals surface area (Å²) in [6.07, 6.45) is 4.04. The molecule has 110 valence electrons. The molecule has 1 fully saturated rings. The van der Waals surface area contributed by atoms with E-state index in [4.69, 9.17) is 16.7 Å². The summed E-state index contributed by atoms with van der Waals surface area (Å²) in [6, 6.07) is 7.68. The van der Waals surface area contributed by atoms with Crippen molar-refractivity contribution in [3.8, 4) is 0 Å². The minimum atomic E-state index is -0.0190. The molecule has 0 aliphatic heterocycles. The Bertz CT molecular complexity index is 449. The van der Waals surface area contributed by atoms with Crippen LogP contribution in [0.3, 0.4) is 0 Å². The van der Waals surface area contributed by atoms with Gasteiger partial charge in [-0.3, -0.25) is 9.69 Å². The van der Waals surface area contributed by atoms with E-state index in [0.29, 0.717) is 30.6 Å². The Morgan fingerprint density at radius 3 is 2.80 bits per heavy atom. The van der Waals surface area contributed by atoms with Crippen molar-refractivity contribution in [2.45, 2.75) is 31.7 Å². The Morgan fingerprint density at radius 2 is 2.20 bits per heavy atom. The van der Waals surface area contributed by atoms with E-state index < -0.39 is 0 Å². The van der Waals surface area contributed by atoms with Gasteiger partial charge >= 0.3 is 0 Å². The van der Waals surface area contributed by atoms with Crippen LogP contribution < -0.4 is 5.32 Å².